The third-order valence-corrected chi connectivity index (χ3v) is 2.59. The maximum atomic E-state index is 9.53. The molecule has 0 radical (unpaired) electrons. The van der Waals surface area contributed by atoms with Gasteiger partial charge in [0.2, 0.25) is 0 Å². The molecule has 2 N–H and O–H groups in total. The standard InChI is InChI=1S/C10H12ClNOS/c1-6(13)9-5-7(11)3-4-8(9)10(14)12-2/h3-6,13H,1-2H3,(H,12,14). The van der Waals surface area contributed by atoms with E-state index in [0.717, 1.165) is 11.1 Å². The van der Waals surface area contributed by atoms with E-state index < -0.39 is 6.10 Å². The number of halogens is 1. The van der Waals surface area contributed by atoms with E-state index >= 15 is 0 Å². The number of hydrogen-bond donors (Lipinski definition) is 2. The lowest BCUT2D eigenvalue weighted by Gasteiger charge is -2.12. The topological polar surface area (TPSA) is 32.3 Å². The number of nitrogens with one attached hydrogen (secondary N) is 1. The Kier molecular flexibility index (Phi) is 3.86. The molecule has 0 saturated carbocycles. The van der Waals surface area contributed by atoms with Crippen LogP contribution in [0, 0.1) is 0 Å². The maximum absolute atomic E-state index is 9.53. The predicted octanol–water partition coefficient (Wildman–Crippen LogP) is 2.29. The molecule has 0 aliphatic rings. The van der Waals surface area contributed by atoms with Crippen molar-refractivity contribution >= 4 is 28.8 Å². The molecule has 0 saturated heterocycles. The van der Waals surface area contributed by atoms with Crippen LogP contribution in [0.5, 0.6) is 0 Å². The molecule has 0 bridgehead atoms. The lowest BCUT2D eigenvalue weighted by Crippen LogP contribution is -2.18. The smallest absolute Gasteiger partial charge is 0.106 e. The summed E-state index contributed by atoms with van der Waals surface area (Å²) in [7, 11) is 1.75. The van der Waals surface area contributed by atoms with Gasteiger partial charge in [-0.2, -0.15) is 0 Å². The average Bonchev–Trinajstić information content (AvgIpc) is 2.16. The second-order valence-corrected chi connectivity index (χ2v) is 3.83. The number of aliphatic hydroxyl groups excluding tert-OH is 1. The van der Waals surface area contributed by atoms with E-state index in [9.17, 15) is 5.11 Å². The predicted molar refractivity (Wildman–Crippen MR) is 62.8 cm³/mol. The van der Waals surface area contributed by atoms with Gasteiger partial charge in [-0.25, -0.2) is 0 Å². The quantitative estimate of drug-likeness (QED) is 0.764. The largest absolute Gasteiger partial charge is 0.389 e. The highest BCUT2D eigenvalue weighted by atomic mass is 35.5. The van der Waals surface area contributed by atoms with Crippen molar-refractivity contribution in [1.82, 2.24) is 5.32 Å². The van der Waals surface area contributed by atoms with Crippen LogP contribution >= 0.6 is 23.8 Å². The van der Waals surface area contributed by atoms with E-state index in [1.54, 1.807) is 26.1 Å². The van der Waals surface area contributed by atoms with E-state index in [0.29, 0.717) is 10.0 Å². The van der Waals surface area contributed by atoms with E-state index in [2.05, 4.69) is 5.32 Å². The van der Waals surface area contributed by atoms with Gasteiger partial charge in [0.15, 0.2) is 0 Å². The lowest BCUT2D eigenvalue weighted by atomic mass is 10.0. The van der Waals surface area contributed by atoms with Crippen LogP contribution in [0.4, 0.5) is 0 Å². The molecule has 0 spiro atoms. The fraction of sp³-hybridized carbons (Fsp3) is 0.300. The normalized spacial score (nSPS) is 12.3. The minimum absolute atomic E-state index is 0.574. The molecule has 0 heterocycles. The van der Waals surface area contributed by atoms with Crippen molar-refractivity contribution in [3.63, 3.8) is 0 Å². The van der Waals surface area contributed by atoms with Crippen LogP contribution in [-0.2, 0) is 0 Å². The van der Waals surface area contributed by atoms with Crippen molar-refractivity contribution < 1.29 is 5.11 Å². The van der Waals surface area contributed by atoms with Crippen LogP contribution in [0.1, 0.15) is 24.2 Å². The maximum Gasteiger partial charge on any atom is 0.106 e. The zero-order chi connectivity index (χ0) is 10.7. The second-order valence-electron chi connectivity index (χ2n) is 2.99. The zero-order valence-corrected chi connectivity index (χ0v) is 9.62. The number of thiocarbonyl (C=S) groups is 1. The van der Waals surface area contributed by atoms with Gasteiger partial charge in [-0.05, 0) is 24.6 Å². The fourth-order valence-electron chi connectivity index (χ4n) is 1.22. The molecule has 14 heavy (non-hydrogen) atoms. The molecule has 76 valence electrons. The van der Waals surface area contributed by atoms with Crippen molar-refractivity contribution in [3.8, 4) is 0 Å². The van der Waals surface area contributed by atoms with Crippen LogP contribution in [0.3, 0.4) is 0 Å². The number of benzene rings is 1. The van der Waals surface area contributed by atoms with Crippen LogP contribution in [0.15, 0.2) is 18.2 Å². The second kappa shape index (κ2) is 4.73. The SMILES string of the molecule is CNC(=S)c1ccc(Cl)cc1C(C)O. The van der Waals surface area contributed by atoms with Crippen LogP contribution in [0.25, 0.3) is 0 Å². The summed E-state index contributed by atoms with van der Waals surface area (Å²) in [4.78, 5) is 0.609. The highest BCUT2D eigenvalue weighted by Gasteiger charge is 2.11. The van der Waals surface area contributed by atoms with E-state index in [1.807, 2.05) is 6.07 Å². The van der Waals surface area contributed by atoms with Gasteiger partial charge in [0, 0.05) is 17.6 Å². The molecule has 2 nitrogen and oxygen atoms in total. The Morgan fingerprint density at radius 1 is 1.57 bits per heavy atom. The highest BCUT2D eigenvalue weighted by Crippen LogP contribution is 2.22. The third kappa shape index (κ3) is 2.44. The molecule has 1 atom stereocenters. The number of rotatable bonds is 2. The third-order valence-electron chi connectivity index (χ3n) is 1.94. The van der Waals surface area contributed by atoms with Crippen molar-refractivity contribution in [2.75, 3.05) is 7.05 Å². The van der Waals surface area contributed by atoms with Crippen LogP contribution in [-0.4, -0.2) is 17.1 Å². The lowest BCUT2D eigenvalue weighted by molar-refractivity contribution is 0.199. The summed E-state index contributed by atoms with van der Waals surface area (Å²) in [6.45, 7) is 1.69. The van der Waals surface area contributed by atoms with E-state index in [-0.39, 0.29) is 0 Å². The molecule has 0 aliphatic heterocycles. The molecule has 0 aromatic heterocycles. The molecule has 0 amide bonds. The molecule has 4 heteroatoms. The summed E-state index contributed by atoms with van der Waals surface area (Å²) in [6.07, 6.45) is -0.574. The van der Waals surface area contributed by atoms with Crippen molar-refractivity contribution in [2.24, 2.45) is 0 Å². The molecule has 1 aromatic rings. The van der Waals surface area contributed by atoms with Crippen LogP contribution < -0.4 is 5.32 Å². The Morgan fingerprint density at radius 2 is 2.21 bits per heavy atom. The van der Waals surface area contributed by atoms with Gasteiger partial charge in [0.25, 0.3) is 0 Å². The number of hydrogen-bond acceptors (Lipinski definition) is 2. The van der Waals surface area contributed by atoms with Gasteiger partial charge in [-0.15, -0.1) is 0 Å². The molecule has 1 aromatic carbocycles. The summed E-state index contributed by atoms with van der Waals surface area (Å²) in [5, 5.41) is 13.0. The Labute approximate surface area is 93.9 Å². The minimum Gasteiger partial charge on any atom is -0.389 e. The van der Waals surface area contributed by atoms with Crippen molar-refractivity contribution in [1.29, 1.82) is 0 Å². The van der Waals surface area contributed by atoms with E-state index in [4.69, 9.17) is 23.8 Å². The Bertz CT molecular complexity index is 352. The summed E-state index contributed by atoms with van der Waals surface area (Å²) in [5.74, 6) is 0. The highest BCUT2D eigenvalue weighted by molar-refractivity contribution is 7.80. The Morgan fingerprint density at radius 3 is 2.71 bits per heavy atom. The molecule has 0 fully saturated rings. The monoisotopic (exact) mass is 229 g/mol. The van der Waals surface area contributed by atoms with Gasteiger partial charge >= 0.3 is 0 Å². The van der Waals surface area contributed by atoms with Crippen molar-refractivity contribution in [2.45, 2.75) is 13.0 Å². The van der Waals surface area contributed by atoms with E-state index in [1.165, 1.54) is 0 Å². The van der Waals surface area contributed by atoms with Gasteiger partial charge in [0.05, 0.1) is 6.10 Å². The van der Waals surface area contributed by atoms with Crippen LogP contribution in [0.2, 0.25) is 5.02 Å². The Hall–Kier alpha value is -0.640. The first-order chi connectivity index (χ1) is 6.56. The summed E-state index contributed by atoms with van der Waals surface area (Å²) in [5.41, 5.74) is 1.57. The van der Waals surface area contributed by atoms with Gasteiger partial charge in [-0.3, -0.25) is 0 Å². The summed E-state index contributed by atoms with van der Waals surface area (Å²) < 4.78 is 0. The fourth-order valence-corrected chi connectivity index (χ4v) is 1.59. The molecule has 1 rings (SSSR count). The first-order valence-electron chi connectivity index (χ1n) is 4.26. The molecular weight excluding hydrogens is 218 g/mol. The molecule has 0 aliphatic carbocycles. The first-order valence-corrected chi connectivity index (χ1v) is 5.04. The summed E-state index contributed by atoms with van der Waals surface area (Å²) >= 11 is 10.9. The van der Waals surface area contributed by atoms with Gasteiger partial charge in [-0.1, -0.05) is 29.9 Å². The molecule has 1 unspecified atom stereocenters. The molecular formula is C10H12ClNOS. The van der Waals surface area contributed by atoms with Crippen molar-refractivity contribution in [3.05, 3.63) is 34.3 Å². The van der Waals surface area contributed by atoms with Gasteiger partial charge in [0.1, 0.15) is 4.99 Å². The van der Waals surface area contributed by atoms with Gasteiger partial charge < -0.3 is 10.4 Å². The average molecular weight is 230 g/mol. The first kappa shape index (κ1) is 11.4. The Balaban J connectivity index is 3.21. The summed E-state index contributed by atoms with van der Waals surface area (Å²) in [6, 6.07) is 5.29. The number of aliphatic hydroxyl groups is 1. The zero-order valence-electron chi connectivity index (χ0n) is 8.04. The minimum atomic E-state index is -0.574.